The molecule has 18 heavy (non-hydrogen) atoms. The maximum absolute atomic E-state index is 3.48. The second-order valence-electron chi connectivity index (χ2n) is 4.37. The topological polar surface area (TPSA) is 12.0 Å². The highest BCUT2D eigenvalue weighted by atomic mass is 32.2. The van der Waals surface area contributed by atoms with Crippen LogP contribution in [0, 0.1) is 13.8 Å². The van der Waals surface area contributed by atoms with Gasteiger partial charge in [-0.1, -0.05) is 23.8 Å². The lowest BCUT2D eigenvalue weighted by molar-refractivity contribution is 0.741. The Kier molecular flexibility index (Phi) is 5.29. The van der Waals surface area contributed by atoms with E-state index in [1.165, 1.54) is 20.9 Å². The molecule has 0 saturated carbocycles. The molecular weight excluding hydrogens is 258 g/mol. The van der Waals surface area contributed by atoms with Crippen molar-refractivity contribution in [1.82, 2.24) is 5.32 Å². The first kappa shape index (κ1) is 13.7. The summed E-state index contributed by atoms with van der Waals surface area (Å²) in [6, 6.07) is 10.9. The highest BCUT2D eigenvalue weighted by Gasteiger charge is 1.99. The Bertz CT molecular complexity index is 477. The van der Waals surface area contributed by atoms with Crippen LogP contribution in [0.5, 0.6) is 0 Å². The molecule has 96 valence electrons. The van der Waals surface area contributed by atoms with Gasteiger partial charge in [-0.15, -0.1) is 23.1 Å². The Morgan fingerprint density at radius 2 is 2.11 bits per heavy atom. The van der Waals surface area contributed by atoms with Crippen molar-refractivity contribution in [1.29, 1.82) is 0 Å². The summed E-state index contributed by atoms with van der Waals surface area (Å²) in [7, 11) is 0. The Hall–Kier alpha value is -0.770. The molecule has 0 saturated heterocycles. The maximum atomic E-state index is 3.48. The van der Waals surface area contributed by atoms with E-state index in [0.29, 0.717) is 0 Å². The zero-order valence-corrected chi connectivity index (χ0v) is 12.5. The van der Waals surface area contributed by atoms with Crippen molar-refractivity contribution in [2.45, 2.75) is 25.3 Å². The first-order valence-electron chi connectivity index (χ1n) is 6.19. The van der Waals surface area contributed by atoms with Crippen LogP contribution < -0.4 is 5.32 Å². The van der Waals surface area contributed by atoms with Crippen LogP contribution in [0.1, 0.15) is 16.0 Å². The van der Waals surface area contributed by atoms with Crippen molar-refractivity contribution in [3.05, 3.63) is 51.7 Å². The van der Waals surface area contributed by atoms with Crippen molar-refractivity contribution in [3.63, 3.8) is 0 Å². The van der Waals surface area contributed by atoms with Crippen LogP contribution in [0.2, 0.25) is 0 Å². The molecule has 0 fully saturated rings. The zero-order chi connectivity index (χ0) is 12.8. The number of aryl methyl sites for hydroxylation is 2. The molecule has 2 aromatic rings. The number of thiophene rings is 1. The van der Waals surface area contributed by atoms with Crippen molar-refractivity contribution in [3.8, 4) is 0 Å². The van der Waals surface area contributed by atoms with Gasteiger partial charge < -0.3 is 5.32 Å². The Labute approximate surface area is 118 Å². The van der Waals surface area contributed by atoms with E-state index in [0.717, 1.165) is 18.8 Å². The van der Waals surface area contributed by atoms with Crippen molar-refractivity contribution in [2.24, 2.45) is 0 Å². The third-order valence-electron chi connectivity index (χ3n) is 2.75. The summed E-state index contributed by atoms with van der Waals surface area (Å²) in [5, 5.41) is 5.60. The van der Waals surface area contributed by atoms with Gasteiger partial charge in [-0.05, 0) is 36.9 Å². The number of nitrogens with one attached hydrogen (secondary N) is 1. The summed E-state index contributed by atoms with van der Waals surface area (Å²) in [6.45, 7) is 6.37. The molecule has 1 N–H and O–H groups in total. The van der Waals surface area contributed by atoms with Gasteiger partial charge in [0.2, 0.25) is 0 Å². The fraction of sp³-hybridized carbons (Fsp3) is 0.333. The molecule has 1 aromatic carbocycles. The molecule has 1 aromatic heterocycles. The highest BCUT2D eigenvalue weighted by Crippen LogP contribution is 2.22. The summed E-state index contributed by atoms with van der Waals surface area (Å²) in [4.78, 5) is 2.81. The van der Waals surface area contributed by atoms with E-state index in [1.807, 2.05) is 23.1 Å². The SMILES string of the molecule is Cc1ccc(SCCNCc2cccs2)c(C)c1. The van der Waals surface area contributed by atoms with Gasteiger partial charge in [0.1, 0.15) is 0 Å². The maximum Gasteiger partial charge on any atom is 0.0300 e. The quantitative estimate of drug-likeness (QED) is 0.626. The summed E-state index contributed by atoms with van der Waals surface area (Å²) >= 11 is 3.75. The van der Waals surface area contributed by atoms with E-state index in [-0.39, 0.29) is 0 Å². The summed E-state index contributed by atoms with van der Waals surface area (Å²) < 4.78 is 0. The van der Waals surface area contributed by atoms with E-state index in [2.05, 4.69) is 54.9 Å². The standard InChI is InChI=1S/C15H19NS2/c1-12-5-6-15(13(2)10-12)18-9-7-16-11-14-4-3-8-17-14/h3-6,8,10,16H,7,9,11H2,1-2H3. The minimum Gasteiger partial charge on any atom is -0.311 e. The number of hydrogen-bond acceptors (Lipinski definition) is 3. The van der Waals surface area contributed by atoms with Gasteiger partial charge in [0.15, 0.2) is 0 Å². The number of benzene rings is 1. The average Bonchev–Trinajstić information content (AvgIpc) is 2.84. The first-order chi connectivity index (χ1) is 8.75. The molecular formula is C15H19NS2. The second kappa shape index (κ2) is 6.98. The van der Waals surface area contributed by atoms with E-state index in [1.54, 1.807) is 0 Å². The fourth-order valence-corrected chi connectivity index (χ4v) is 3.41. The molecule has 0 aliphatic rings. The monoisotopic (exact) mass is 277 g/mol. The lowest BCUT2D eigenvalue weighted by Gasteiger charge is -2.07. The first-order valence-corrected chi connectivity index (χ1v) is 8.05. The minimum absolute atomic E-state index is 0.991. The molecule has 0 aliphatic heterocycles. The number of rotatable bonds is 6. The summed E-state index contributed by atoms with van der Waals surface area (Å²) in [6.07, 6.45) is 0. The van der Waals surface area contributed by atoms with Gasteiger partial charge in [0.25, 0.3) is 0 Å². The third-order valence-corrected chi connectivity index (χ3v) is 4.80. The van der Waals surface area contributed by atoms with Crippen LogP contribution in [-0.4, -0.2) is 12.3 Å². The van der Waals surface area contributed by atoms with Crippen LogP contribution >= 0.6 is 23.1 Å². The van der Waals surface area contributed by atoms with Gasteiger partial charge in [-0.2, -0.15) is 0 Å². The largest absolute Gasteiger partial charge is 0.311 e. The predicted octanol–water partition coefficient (Wildman–Crippen LogP) is 4.25. The van der Waals surface area contributed by atoms with Crippen LogP contribution in [-0.2, 0) is 6.54 Å². The van der Waals surface area contributed by atoms with Crippen LogP contribution in [0.3, 0.4) is 0 Å². The molecule has 3 heteroatoms. The molecule has 0 atom stereocenters. The molecule has 1 nitrogen and oxygen atoms in total. The van der Waals surface area contributed by atoms with Crippen molar-refractivity contribution >= 4 is 23.1 Å². The van der Waals surface area contributed by atoms with Gasteiger partial charge in [-0.3, -0.25) is 0 Å². The summed E-state index contributed by atoms with van der Waals surface area (Å²) in [5.74, 6) is 1.12. The second-order valence-corrected chi connectivity index (χ2v) is 6.54. The molecule has 0 radical (unpaired) electrons. The molecule has 0 amide bonds. The smallest absolute Gasteiger partial charge is 0.0300 e. The Morgan fingerprint density at radius 3 is 2.83 bits per heavy atom. The van der Waals surface area contributed by atoms with Crippen LogP contribution in [0.4, 0.5) is 0 Å². The lowest BCUT2D eigenvalue weighted by atomic mass is 10.2. The Morgan fingerprint density at radius 1 is 1.22 bits per heavy atom. The third kappa shape index (κ3) is 4.16. The van der Waals surface area contributed by atoms with Gasteiger partial charge in [0, 0.05) is 28.6 Å². The van der Waals surface area contributed by atoms with E-state index < -0.39 is 0 Å². The Balaban J connectivity index is 1.69. The molecule has 0 bridgehead atoms. The van der Waals surface area contributed by atoms with E-state index in [9.17, 15) is 0 Å². The molecule has 0 unspecified atom stereocenters. The zero-order valence-electron chi connectivity index (χ0n) is 10.9. The van der Waals surface area contributed by atoms with Crippen molar-refractivity contribution < 1.29 is 0 Å². The minimum atomic E-state index is 0.991. The molecule has 2 rings (SSSR count). The fourth-order valence-electron chi connectivity index (χ4n) is 1.82. The number of hydrogen-bond donors (Lipinski definition) is 1. The van der Waals surface area contributed by atoms with Crippen LogP contribution in [0.15, 0.2) is 40.6 Å². The van der Waals surface area contributed by atoms with Gasteiger partial charge in [0.05, 0.1) is 0 Å². The lowest BCUT2D eigenvalue weighted by Crippen LogP contribution is -2.15. The summed E-state index contributed by atoms with van der Waals surface area (Å²) in [5.41, 5.74) is 2.73. The van der Waals surface area contributed by atoms with Gasteiger partial charge in [-0.25, -0.2) is 0 Å². The molecule has 0 aliphatic carbocycles. The van der Waals surface area contributed by atoms with E-state index in [4.69, 9.17) is 0 Å². The van der Waals surface area contributed by atoms with Crippen LogP contribution in [0.25, 0.3) is 0 Å². The number of thioether (sulfide) groups is 1. The van der Waals surface area contributed by atoms with E-state index >= 15 is 0 Å². The molecule has 1 heterocycles. The predicted molar refractivity (Wildman–Crippen MR) is 82.7 cm³/mol. The normalized spacial score (nSPS) is 10.8. The highest BCUT2D eigenvalue weighted by molar-refractivity contribution is 7.99. The van der Waals surface area contributed by atoms with Gasteiger partial charge >= 0.3 is 0 Å². The van der Waals surface area contributed by atoms with Crippen molar-refractivity contribution in [2.75, 3.05) is 12.3 Å². The average molecular weight is 277 g/mol. The molecule has 0 spiro atoms.